The van der Waals surface area contributed by atoms with Gasteiger partial charge in [-0.2, -0.15) is 0 Å². The Morgan fingerprint density at radius 3 is 2.41 bits per heavy atom. The normalized spacial score (nSPS) is 11.6. The summed E-state index contributed by atoms with van der Waals surface area (Å²) in [5.41, 5.74) is 1.39. The van der Waals surface area contributed by atoms with E-state index in [9.17, 15) is 9.59 Å². The van der Waals surface area contributed by atoms with E-state index in [2.05, 4.69) is 26.8 Å². The molecule has 0 aliphatic rings. The van der Waals surface area contributed by atoms with Crippen molar-refractivity contribution in [2.75, 3.05) is 6.61 Å². The third kappa shape index (κ3) is 6.12. The SMILES string of the molecule is CC(C)=CCC[C@@H](C)CCOC(=O)c1ccccc1C(=O)O. The molecule has 1 aromatic rings. The molecule has 0 aliphatic heterocycles. The van der Waals surface area contributed by atoms with Crippen LogP contribution in [-0.2, 0) is 4.74 Å². The molecule has 22 heavy (non-hydrogen) atoms. The molecule has 4 nitrogen and oxygen atoms in total. The molecule has 0 heterocycles. The van der Waals surface area contributed by atoms with E-state index >= 15 is 0 Å². The van der Waals surface area contributed by atoms with Crippen molar-refractivity contribution in [2.45, 2.75) is 40.0 Å². The van der Waals surface area contributed by atoms with Crippen molar-refractivity contribution in [1.82, 2.24) is 0 Å². The molecule has 0 unspecified atom stereocenters. The summed E-state index contributed by atoms with van der Waals surface area (Å²) in [6.45, 7) is 6.58. The van der Waals surface area contributed by atoms with Gasteiger partial charge in [0.25, 0.3) is 0 Å². The minimum absolute atomic E-state index is 0.0240. The lowest BCUT2D eigenvalue weighted by atomic mass is 10.0. The molecule has 1 rings (SSSR count). The molecule has 0 saturated heterocycles. The molecule has 0 saturated carbocycles. The smallest absolute Gasteiger partial charge is 0.339 e. The average Bonchev–Trinajstić information content (AvgIpc) is 2.46. The number of aromatic carboxylic acids is 1. The van der Waals surface area contributed by atoms with Crippen molar-refractivity contribution in [3.8, 4) is 0 Å². The highest BCUT2D eigenvalue weighted by Gasteiger charge is 2.17. The number of ether oxygens (including phenoxy) is 1. The Hall–Kier alpha value is -2.10. The Bertz CT molecular complexity index is 542. The number of hydrogen-bond donors (Lipinski definition) is 1. The van der Waals surface area contributed by atoms with Crippen LogP contribution in [0.1, 0.15) is 60.7 Å². The minimum atomic E-state index is -1.12. The Balaban J connectivity index is 2.44. The first kappa shape index (κ1) is 18.0. The van der Waals surface area contributed by atoms with E-state index in [4.69, 9.17) is 9.84 Å². The number of benzene rings is 1. The Labute approximate surface area is 131 Å². The topological polar surface area (TPSA) is 63.6 Å². The zero-order valence-corrected chi connectivity index (χ0v) is 13.5. The van der Waals surface area contributed by atoms with Crippen molar-refractivity contribution in [1.29, 1.82) is 0 Å². The molecular formula is C18H24O4. The largest absolute Gasteiger partial charge is 0.478 e. The van der Waals surface area contributed by atoms with Gasteiger partial charge in [0.05, 0.1) is 17.7 Å². The lowest BCUT2D eigenvalue weighted by Gasteiger charge is -2.11. The summed E-state index contributed by atoms with van der Waals surface area (Å²) >= 11 is 0. The lowest BCUT2D eigenvalue weighted by molar-refractivity contribution is 0.0474. The lowest BCUT2D eigenvalue weighted by Crippen LogP contribution is -2.13. The summed E-state index contributed by atoms with van der Waals surface area (Å²) in [7, 11) is 0. The van der Waals surface area contributed by atoms with Gasteiger partial charge in [0.15, 0.2) is 0 Å². The first-order valence-electron chi connectivity index (χ1n) is 7.54. The van der Waals surface area contributed by atoms with Crippen LogP contribution in [-0.4, -0.2) is 23.7 Å². The van der Waals surface area contributed by atoms with Crippen LogP contribution in [0.2, 0.25) is 0 Å². The van der Waals surface area contributed by atoms with E-state index in [0.29, 0.717) is 12.5 Å². The van der Waals surface area contributed by atoms with Gasteiger partial charge in [0.2, 0.25) is 0 Å². The second-order valence-electron chi connectivity index (χ2n) is 5.74. The molecule has 0 fully saturated rings. The summed E-state index contributed by atoms with van der Waals surface area (Å²) in [5, 5.41) is 9.06. The van der Waals surface area contributed by atoms with Gasteiger partial charge in [0.1, 0.15) is 0 Å². The number of carbonyl (C=O) groups is 2. The van der Waals surface area contributed by atoms with Gasteiger partial charge in [-0.05, 0) is 51.2 Å². The number of allylic oxidation sites excluding steroid dienone is 2. The fraction of sp³-hybridized carbons (Fsp3) is 0.444. The average molecular weight is 304 g/mol. The van der Waals surface area contributed by atoms with E-state index in [1.54, 1.807) is 12.1 Å². The van der Waals surface area contributed by atoms with Crippen molar-refractivity contribution in [3.63, 3.8) is 0 Å². The molecule has 120 valence electrons. The molecule has 0 aromatic heterocycles. The number of carboxylic acids is 1. The fourth-order valence-corrected chi connectivity index (χ4v) is 2.08. The van der Waals surface area contributed by atoms with Crippen LogP contribution in [0, 0.1) is 5.92 Å². The minimum Gasteiger partial charge on any atom is -0.478 e. The van der Waals surface area contributed by atoms with Crippen LogP contribution in [0.4, 0.5) is 0 Å². The van der Waals surface area contributed by atoms with Gasteiger partial charge in [-0.25, -0.2) is 9.59 Å². The van der Waals surface area contributed by atoms with Gasteiger partial charge >= 0.3 is 11.9 Å². The summed E-state index contributed by atoms with van der Waals surface area (Å²) in [6.07, 6.45) is 5.05. The van der Waals surface area contributed by atoms with Crippen LogP contribution >= 0.6 is 0 Å². The van der Waals surface area contributed by atoms with Crippen molar-refractivity contribution in [3.05, 3.63) is 47.0 Å². The van der Waals surface area contributed by atoms with E-state index in [1.165, 1.54) is 17.7 Å². The standard InChI is InChI=1S/C18H24O4/c1-13(2)7-6-8-14(3)11-12-22-18(21)16-10-5-4-9-15(16)17(19)20/h4-5,7,9-10,14H,6,8,11-12H2,1-3H3,(H,19,20)/t14-/m1/s1. The Morgan fingerprint density at radius 1 is 1.18 bits per heavy atom. The highest BCUT2D eigenvalue weighted by molar-refractivity contribution is 6.02. The van der Waals surface area contributed by atoms with Crippen molar-refractivity contribution >= 4 is 11.9 Å². The maximum atomic E-state index is 12.0. The monoisotopic (exact) mass is 304 g/mol. The number of rotatable bonds is 8. The first-order chi connectivity index (χ1) is 10.4. The van der Waals surface area contributed by atoms with Crippen LogP contribution < -0.4 is 0 Å². The number of hydrogen-bond acceptors (Lipinski definition) is 3. The second-order valence-corrected chi connectivity index (χ2v) is 5.74. The second kappa shape index (κ2) is 9.03. The van der Waals surface area contributed by atoms with E-state index in [1.807, 2.05) is 0 Å². The van der Waals surface area contributed by atoms with E-state index in [0.717, 1.165) is 19.3 Å². The summed E-state index contributed by atoms with van der Waals surface area (Å²) in [6, 6.07) is 6.10. The fourth-order valence-electron chi connectivity index (χ4n) is 2.08. The maximum Gasteiger partial charge on any atom is 0.339 e. The van der Waals surface area contributed by atoms with Crippen LogP contribution in [0.15, 0.2) is 35.9 Å². The number of carbonyl (C=O) groups excluding carboxylic acids is 1. The molecule has 0 spiro atoms. The maximum absolute atomic E-state index is 12.0. The van der Waals surface area contributed by atoms with Gasteiger partial charge in [-0.15, -0.1) is 0 Å². The van der Waals surface area contributed by atoms with E-state index < -0.39 is 11.9 Å². The molecule has 4 heteroatoms. The molecule has 1 aromatic carbocycles. The molecule has 0 bridgehead atoms. The summed E-state index contributed by atoms with van der Waals surface area (Å²) in [4.78, 5) is 23.0. The zero-order chi connectivity index (χ0) is 16.5. The highest BCUT2D eigenvalue weighted by atomic mass is 16.5. The Kier molecular flexibility index (Phi) is 7.37. The van der Waals surface area contributed by atoms with Gasteiger partial charge in [-0.1, -0.05) is 30.7 Å². The van der Waals surface area contributed by atoms with E-state index in [-0.39, 0.29) is 11.1 Å². The predicted molar refractivity (Wildman–Crippen MR) is 86.1 cm³/mol. The first-order valence-corrected chi connectivity index (χ1v) is 7.54. The molecule has 1 N–H and O–H groups in total. The third-order valence-electron chi connectivity index (χ3n) is 3.43. The van der Waals surface area contributed by atoms with Crippen LogP contribution in [0.25, 0.3) is 0 Å². The molecule has 1 atom stereocenters. The quantitative estimate of drug-likeness (QED) is 0.574. The summed E-state index contributed by atoms with van der Waals surface area (Å²) in [5.74, 6) is -1.24. The molecule has 0 amide bonds. The number of carboxylic acid groups (broad SMARTS) is 1. The number of esters is 1. The highest BCUT2D eigenvalue weighted by Crippen LogP contribution is 2.14. The summed E-state index contributed by atoms with van der Waals surface area (Å²) < 4.78 is 5.20. The van der Waals surface area contributed by atoms with Crippen molar-refractivity contribution < 1.29 is 19.4 Å². The molecule has 0 aliphatic carbocycles. The van der Waals surface area contributed by atoms with Gasteiger partial charge in [0, 0.05) is 0 Å². The Morgan fingerprint density at radius 2 is 1.82 bits per heavy atom. The molecule has 0 radical (unpaired) electrons. The van der Waals surface area contributed by atoms with Crippen LogP contribution in [0.3, 0.4) is 0 Å². The predicted octanol–water partition coefficient (Wildman–Crippen LogP) is 4.31. The zero-order valence-electron chi connectivity index (χ0n) is 13.5. The van der Waals surface area contributed by atoms with Crippen LogP contribution in [0.5, 0.6) is 0 Å². The van der Waals surface area contributed by atoms with Crippen molar-refractivity contribution in [2.24, 2.45) is 5.92 Å². The van der Waals surface area contributed by atoms with Gasteiger partial charge in [-0.3, -0.25) is 0 Å². The van der Waals surface area contributed by atoms with Gasteiger partial charge < -0.3 is 9.84 Å². The third-order valence-corrected chi connectivity index (χ3v) is 3.43. The molecular weight excluding hydrogens is 280 g/mol.